The largest absolute Gasteiger partial charge is 0.505 e. The molecule has 0 fully saturated rings. The molecule has 1 heterocycles. The Bertz CT molecular complexity index is 971. The van der Waals surface area contributed by atoms with Crippen molar-refractivity contribution in [3.05, 3.63) is 47.7 Å². The minimum absolute atomic E-state index is 0.168. The third-order valence-corrected chi connectivity index (χ3v) is 3.64. The second kappa shape index (κ2) is 7.23. The van der Waals surface area contributed by atoms with Crippen LogP contribution < -0.4 is 16.8 Å². The molecular weight excluding hydrogens is 320 g/mol. The number of rotatable bonds is 1. The van der Waals surface area contributed by atoms with E-state index in [0.29, 0.717) is 11.4 Å². The van der Waals surface area contributed by atoms with Gasteiger partial charge in [-0.1, -0.05) is 24.3 Å². The summed E-state index contributed by atoms with van der Waals surface area (Å²) in [5.74, 6) is -0.106. The molecule has 6 N–H and O–H groups in total. The van der Waals surface area contributed by atoms with E-state index in [9.17, 15) is 9.90 Å². The highest BCUT2D eigenvalue weighted by molar-refractivity contribution is 6.06. The monoisotopic (exact) mass is 338 g/mol. The molecule has 1 aromatic heterocycles. The van der Waals surface area contributed by atoms with Crippen LogP contribution in [-0.4, -0.2) is 27.8 Å². The number of phenols is 1. The molecule has 0 atom stereocenters. The number of nitrogens with one attached hydrogen (secondary N) is 1. The Morgan fingerprint density at radius 1 is 1.36 bits per heavy atom. The van der Waals surface area contributed by atoms with Gasteiger partial charge in [0.1, 0.15) is 17.5 Å². The van der Waals surface area contributed by atoms with Crippen LogP contribution >= 0.6 is 0 Å². The quantitative estimate of drug-likeness (QED) is 0.390. The molecule has 8 nitrogen and oxygen atoms in total. The molecule has 0 aliphatic carbocycles. The van der Waals surface area contributed by atoms with E-state index in [2.05, 4.69) is 10.4 Å². The summed E-state index contributed by atoms with van der Waals surface area (Å²) >= 11 is 0. The molecule has 3 aromatic rings. The predicted octanol–water partition coefficient (Wildman–Crippen LogP) is 1.36. The fraction of sp³-hybridized carbons (Fsp3) is 0.118. The van der Waals surface area contributed by atoms with Crippen LogP contribution in [0.1, 0.15) is 15.9 Å². The highest BCUT2D eigenvalue weighted by Crippen LogP contribution is 2.33. The van der Waals surface area contributed by atoms with Gasteiger partial charge in [0, 0.05) is 19.5 Å². The Kier molecular flexibility index (Phi) is 5.09. The van der Waals surface area contributed by atoms with E-state index in [1.54, 1.807) is 19.2 Å². The summed E-state index contributed by atoms with van der Waals surface area (Å²) in [6.07, 6.45) is 1.44. The lowest BCUT2D eigenvalue weighted by Crippen LogP contribution is -2.18. The van der Waals surface area contributed by atoms with E-state index in [1.165, 1.54) is 17.9 Å². The minimum Gasteiger partial charge on any atom is -0.505 e. The van der Waals surface area contributed by atoms with Gasteiger partial charge in [-0.3, -0.25) is 9.48 Å². The van der Waals surface area contributed by atoms with E-state index in [4.69, 9.17) is 16.7 Å². The fourth-order valence-electron chi connectivity index (χ4n) is 2.21. The summed E-state index contributed by atoms with van der Waals surface area (Å²) in [7, 11) is 3.20. The van der Waals surface area contributed by atoms with Crippen molar-refractivity contribution in [2.75, 3.05) is 18.5 Å². The normalized spacial score (nSPS) is 9.80. The molecule has 0 aliphatic rings. The molecule has 0 saturated carbocycles. The number of hydrogen-bond donors (Lipinski definition) is 4. The molecule has 0 radical (unpaired) electrons. The first-order valence-electron chi connectivity index (χ1n) is 7.30. The van der Waals surface area contributed by atoms with Gasteiger partial charge in [-0.2, -0.15) is 10.4 Å². The zero-order valence-corrected chi connectivity index (χ0v) is 13.8. The van der Waals surface area contributed by atoms with Crippen LogP contribution in [0.4, 0.5) is 11.5 Å². The molecule has 1 amide bonds. The molecule has 0 aliphatic heterocycles. The van der Waals surface area contributed by atoms with Gasteiger partial charge in [-0.25, -0.2) is 0 Å². The SMILES string of the molecule is CNC(=O)c1cc2ccccc2c(N)c1O.Cn1ncc(C#N)c1N. The summed E-state index contributed by atoms with van der Waals surface area (Å²) in [4.78, 5) is 11.5. The molecular formula is C17H18N6O2. The minimum atomic E-state index is -0.352. The first kappa shape index (κ1) is 17.6. The molecule has 8 heteroatoms. The van der Waals surface area contributed by atoms with Gasteiger partial charge >= 0.3 is 0 Å². The molecule has 0 bridgehead atoms. The van der Waals surface area contributed by atoms with Crippen molar-refractivity contribution >= 4 is 28.2 Å². The lowest BCUT2D eigenvalue weighted by molar-refractivity contribution is 0.0960. The van der Waals surface area contributed by atoms with Gasteiger partial charge in [0.15, 0.2) is 5.75 Å². The van der Waals surface area contributed by atoms with Crippen LogP contribution in [0.5, 0.6) is 5.75 Å². The van der Waals surface area contributed by atoms with Gasteiger partial charge in [0.2, 0.25) is 0 Å². The number of aromatic nitrogens is 2. The predicted molar refractivity (Wildman–Crippen MR) is 95.8 cm³/mol. The highest BCUT2D eigenvalue weighted by Gasteiger charge is 2.14. The molecule has 2 aromatic carbocycles. The Labute approximate surface area is 144 Å². The number of hydrogen-bond acceptors (Lipinski definition) is 6. The number of aryl methyl sites for hydroxylation is 1. The van der Waals surface area contributed by atoms with Crippen molar-refractivity contribution in [1.29, 1.82) is 5.26 Å². The van der Waals surface area contributed by atoms with Crippen molar-refractivity contribution in [2.24, 2.45) is 7.05 Å². The third kappa shape index (κ3) is 3.45. The van der Waals surface area contributed by atoms with E-state index in [1.807, 2.05) is 24.3 Å². The molecule has 0 unspecified atom stereocenters. The summed E-state index contributed by atoms with van der Waals surface area (Å²) in [5.41, 5.74) is 12.0. The highest BCUT2D eigenvalue weighted by atomic mass is 16.3. The van der Waals surface area contributed by atoms with Crippen molar-refractivity contribution in [1.82, 2.24) is 15.1 Å². The van der Waals surface area contributed by atoms with E-state index in [-0.39, 0.29) is 22.9 Å². The average molecular weight is 338 g/mol. The Hall–Kier alpha value is -3.73. The maximum atomic E-state index is 11.5. The maximum Gasteiger partial charge on any atom is 0.254 e. The second-order valence-corrected chi connectivity index (χ2v) is 5.17. The van der Waals surface area contributed by atoms with Crippen molar-refractivity contribution < 1.29 is 9.90 Å². The third-order valence-electron chi connectivity index (χ3n) is 3.64. The smallest absolute Gasteiger partial charge is 0.254 e. The second-order valence-electron chi connectivity index (χ2n) is 5.17. The van der Waals surface area contributed by atoms with E-state index >= 15 is 0 Å². The number of nitrogens with zero attached hydrogens (tertiary/aromatic N) is 3. The van der Waals surface area contributed by atoms with Gasteiger partial charge < -0.3 is 21.9 Å². The molecule has 128 valence electrons. The van der Waals surface area contributed by atoms with Crippen molar-refractivity contribution in [3.63, 3.8) is 0 Å². The molecule has 0 spiro atoms. The summed E-state index contributed by atoms with van der Waals surface area (Å²) < 4.78 is 1.46. The fourth-order valence-corrected chi connectivity index (χ4v) is 2.21. The number of fused-ring (bicyclic) bond motifs is 1. The van der Waals surface area contributed by atoms with Crippen LogP contribution in [0.25, 0.3) is 10.8 Å². The van der Waals surface area contributed by atoms with Gasteiger partial charge in [0.05, 0.1) is 17.4 Å². The number of nitrogen functional groups attached to an aromatic ring is 2. The van der Waals surface area contributed by atoms with Crippen LogP contribution in [-0.2, 0) is 7.05 Å². The topological polar surface area (TPSA) is 143 Å². The van der Waals surface area contributed by atoms with Gasteiger partial charge in [-0.15, -0.1) is 0 Å². The number of anilines is 2. The van der Waals surface area contributed by atoms with Crippen LogP contribution in [0.2, 0.25) is 0 Å². The van der Waals surface area contributed by atoms with Gasteiger partial charge in [0.25, 0.3) is 5.91 Å². The number of phenolic OH excluding ortho intramolecular Hbond substituents is 1. The number of carbonyl (C=O) groups is 1. The first-order valence-corrected chi connectivity index (χ1v) is 7.30. The zero-order chi connectivity index (χ0) is 18.6. The van der Waals surface area contributed by atoms with Crippen LogP contribution in [0.3, 0.4) is 0 Å². The first-order chi connectivity index (χ1) is 11.9. The molecule has 0 saturated heterocycles. The summed E-state index contributed by atoms with van der Waals surface area (Å²) in [5, 5.41) is 25.9. The number of benzene rings is 2. The van der Waals surface area contributed by atoms with E-state index < -0.39 is 0 Å². The standard InChI is InChI=1S/C12H12N2O2.C5H6N4/c1-14-12(16)9-6-7-4-2-3-5-8(7)10(13)11(9)15;1-9-5(7)4(2-6)3-8-9/h2-6,15H,13H2,1H3,(H,14,16);3H,7H2,1H3. The lowest BCUT2D eigenvalue weighted by Gasteiger charge is -2.09. The number of amides is 1. The zero-order valence-electron chi connectivity index (χ0n) is 13.8. The Balaban J connectivity index is 0.000000212. The maximum absolute atomic E-state index is 11.5. The van der Waals surface area contributed by atoms with E-state index in [0.717, 1.165) is 10.8 Å². The van der Waals surface area contributed by atoms with Crippen LogP contribution in [0.15, 0.2) is 36.5 Å². The number of nitrogens with two attached hydrogens (primary N) is 2. The van der Waals surface area contributed by atoms with Crippen molar-refractivity contribution in [3.8, 4) is 11.8 Å². The number of nitriles is 1. The average Bonchev–Trinajstić information content (AvgIpc) is 2.96. The molecule has 3 rings (SSSR count). The summed E-state index contributed by atoms with van der Waals surface area (Å²) in [6.45, 7) is 0. The Morgan fingerprint density at radius 2 is 2.04 bits per heavy atom. The van der Waals surface area contributed by atoms with Crippen molar-refractivity contribution in [2.45, 2.75) is 0 Å². The Morgan fingerprint density at radius 3 is 2.56 bits per heavy atom. The van der Waals surface area contributed by atoms with Crippen LogP contribution in [0, 0.1) is 11.3 Å². The molecule has 25 heavy (non-hydrogen) atoms. The lowest BCUT2D eigenvalue weighted by atomic mass is 10.0. The van der Waals surface area contributed by atoms with Gasteiger partial charge in [-0.05, 0) is 11.5 Å². The number of carbonyl (C=O) groups excluding carboxylic acids is 1. The number of aromatic hydroxyl groups is 1. The summed E-state index contributed by atoms with van der Waals surface area (Å²) in [6, 6.07) is 10.9.